The zero-order chi connectivity index (χ0) is 12.4. The van der Waals surface area contributed by atoms with Crippen LogP contribution in [-0.4, -0.2) is 25.7 Å². The van der Waals surface area contributed by atoms with Crippen molar-refractivity contribution >= 4 is 33.2 Å². The summed E-state index contributed by atoms with van der Waals surface area (Å²) >= 11 is 9.56. The maximum Gasteiger partial charge on any atom is 0.125 e. The lowest BCUT2D eigenvalue weighted by Gasteiger charge is -2.38. The van der Waals surface area contributed by atoms with E-state index in [0.717, 1.165) is 36.2 Å². The maximum atomic E-state index is 13.2. The summed E-state index contributed by atoms with van der Waals surface area (Å²) in [6.07, 6.45) is 1.03. The minimum Gasteiger partial charge on any atom is -0.364 e. The van der Waals surface area contributed by atoms with E-state index in [-0.39, 0.29) is 5.82 Å². The summed E-state index contributed by atoms with van der Waals surface area (Å²) in [5.41, 5.74) is 0.904. The van der Waals surface area contributed by atoms with E-state index in [9.17, 15) is 4.39 Å². The number of rotatable bonds is 2. The quantitative estimate of drug-likeness (QED) is 0.898. The highest BCUT2D eigenvalue weighted by Crippen LogP contribution is 2.36. The van der Waals surface area contributed by atoms with Crippen molar-refractivity contribution in [3.8, 4) is 0 Å². The fourth-order valence-electron chi connectivity index (χ4n) is 2.23. The van der Waals surface area contributed by atoms with Crippen molar-refractivity contribution in [3.63, 3.8) is 0 Å². The molecule has 94 valence electrons. The third-order valence-electron chi connectivity index (χ3n) is 3.09. The number of hydrogen-bond donors (Lipinski definition) is 1. The molecule has 0 radical (unpaired) electrons. The van der Waals surface area contributed by atoms with Crippen LogP contribution in [0.2, 0.25) is 5.02 Å². The average molecular weight is 322 g/mol. The number of anilines is 1. The summed E-state index contributed by atoms with van der Waals surface area (Å²) in [6, 6.07) is 3.25. The molecular formula is C12H15BrClFN2. The second kappa shape index (κ2) is 5.55. The number of hydrogen-bond acceptors (Lipinski definition) is 2. The molecule has 1 aromatic carbocycles. The van der Waals surface area contributed by atoms with Gasteiger partial charge in [-0.25, -0.2) is 4.39 Å². The van der Waals surface area contributed by atoms with Crippen LogP contribution >= 0.6 is 27.5 Å². The fraction of sp³-hybridized carbons (Fsp3) is 0.500. The SMILES string of the molecule is CCC1CNCCN1c1c(Cl)cc(F)cc1Br. The lowest BCUT2D eigenvalue weighted by molar-refractivity contribution is 0.465. The molecule has 0 bridgehead atoms. The standard InChI is InChI=1S/C12H15BrClFN2/c1-2-9-7-16-3-4-17(9)12-10(13)5-8(15)6-11(12)14/h5-6,9,16H,2-4,7H2,1H3. The summed E-state index contributed by atoms with van der Waals surface area (Å²) in [6.45, 7) is 4.91. The van der Waals surface area contributed by atoms with Gasteiger partial charge >= 0.3 is 0 Å². The first kappa shape index (κ1) is 13.1. The number of nitrogens with zero attached hydrogens (tertiary/aromatic N) is 1. The van der Waals surface area contributed by atoms with Crippen LogP contribution in [0.25, 0.3) is 0 Å². The summed E-state index contributed by atoms with van der Waals surface area (Å²) < 4.78 is 13.9. The van der Waals surface area contributed by atoms with Crippen LogP contribution in [0.1, 0.15) is 13.3 Å². The van der Waals surface area contributed by atoms with E-state index in [1.54, 1.807) is 0 Å². The van der Waals surface area contributed by atoms with Crippen LogP contribution in [0.15, 0.2) is 16.6 Å². The van der Waals surface area contributed by atoms with Crippen LogP contribution < -0.4 is 10.2 Å². The predicted molar refractivity (Wildman–Crippen MR) is 73.4 cm³/mol. The monoisotopic (exact) mass is 320 g/mol. The molecule has 1 unspecified atom stereocenters. The Morgan fingerprint density at radius 3 is 3.00 bits per heavy atom. The predicted octanol–water partition coefficient (Wildman–Crippen LogP) is 3.43. The zero-order valence-corrected chi connectivity index (χ0v) is 12.0. The minimum atomic E-state index is -0.311. The van der Waals surface area contributed by atoms with E-state index in [0.29, 0.717) is 11.1 Å². The van der Waals surface area contributed by atoms with Gasteiger partial charge in [-0.2, -0.15) is 0 Å². The van der Waals surface area contributed by atoms with E-state index in [1.165, 1.54) is 12.1 Å². The van der Waals surface area contributed by atoms with Crippen LogP contribution in [0.3, 0.4) is 0 Å². The Hall–Kier alpha value is -0.320. The lowest BCUT2D eigenvalue weighted by atomic mass is 10.1. The van der Waals surface area contributed by atoms with E-state index in [1.807, 2.05) is 0 Å². The summed E-state index contributed by atoms with van der Waals surface area (Å²) in [7, 11) is 0. The van der Waals surface area contributed by atoms with Crippen LogP contribution in [0.5, 0.6) is 0 Å². The van der Waals surface area contributed by atoms with Gasteiger partial charge in [-0.1, -0.05) is 18.5 Å². The van der Waals surface area contributed by atoms with Gasteiger partial charge in [-0.05, 0) is 34.5 Å². The number of halogens is 3. The van der Waals surface area contributed by atoms with Gasteiger partial charge in [0, 0.05) is 30.1 Å². The first-order chi connectivity index (χ1) is 8.13. The van der Waals surface area contributed by atoms with Crippen LogP contribution in [-0.2, 0) is 0 Å². The Kier molecular flexibility index (Phi) is 4.28. The van der Waals surface area contributed by atoms with Crippen molar-refractivity contribution in [2.75, 3.05) is 24.5 Å². The van der Waals surface area contributed by atoms with Crippen molar-refractivity contribution in [1.82, 2.24) is 5.32 Å². The third-order valence-corrected chi connectivity index (χ3v) is 3.98. The Labute approximate surface area is 114 Å². The molecule has 0 saturated carbocycles. The molecule has 5 heteroatoms. The van der Waals surface area contributed by atoms with Crippen molar-refractivity contribution < 1.29 is 4.39 Å². The molecule has 1 N–H and O–H groups in total. The molecule has 1 saturated heterocycles. The molecule has 1 atom stereocenters. The molecule has 0 amide bonds. The summed E-state index contributed by atoms with van der Waals surface area (Å²) in [5.74, 6) is -0.311. The Bertz CT molecular complexity index is 390. The molecular weight excluding hydrogens is 307 g/mol. The minimum absolute atomic E-state index is 0.311. The topological polar surface area (TPSA) is 15.3 Å². The highest BCUT2D eigenvalue weighted by molar-refractivity contribution is 9.10. The Morgan fingerprint density at radius 2 is 2.35 bits per heavy atom. The number of nitrogens with one attached hydrogen (secondary N) is 1. The van der Waals surface area contributed by atoms with E-state index in [4.69, 9.17) is 11.6 Å². The van der Waals surface area contributed by atoms with Crippen molar-refractivity contribution in [2.24, 2.45) is 0 Å². The van der Waals surface area contributed by atoms with Crippen LogP contribution in [0.4, 0.5) is 10.1 Å². The number of piperazine rings is 1. The van der Waals surface area contributed by atoms with E-state index < -0.39 is 0 Å². The van der Waals surface area contributed by atoms with Crippen LogP contribution in [0, 0.1) is 5.82 Å². The molecule has 1 aromatic rings. The fourth-order valence-corrected chi connectivity index (χ4v) is 3.32. The first-order valence-corrected chi connectivity index (χ1v) is 6.92. The van der Waals surface area contributed by atoms with Gasteiger partial charge in [0.05, 0.1) is 10.7 Å². The molecule has 1 heterocycles. The average Bonchev–Trinajstić information content (AvgIpc) is 2.28. The van der Waals surface area contributed by atoms with Crippen molar-refractivity contribution in [3.05, 3.63) is 27.4 Å². The molecule has 1 aliphatic heterocycles. The highest BCUT2D eigenvalue weighted by Gasteiger charge is 2.24. The normalized spacial score (nSPS) is 20.7. The second-order valence-corrected chi connectivity index (χ2v) is 5.44. The van der Waals surface area contributed by atoms with Gasteiger partial charge < -0.3 is 10.2 Å². The van der Waals surface area contributed by atoms with Gasteiger partial charge in [0.15, 0.2) is 0 Å². The maximum absolute atomic E-state index is 13.2. The molecule has 17 heavy (non-hydrogen) atoms. The van der Waals surface area contributed by atoms with Crippen molar-refractivity contribution in [1.29, 1.82) is 0 Å². The van der Waals surface area contributed by atoms with Gasteiger partial charge in [-0.3, -0.25) is 0 Å². The lowest BCUT2D eigenvalue weighted by Crippen LogP contribution is -2.51. The van der Waals surface area contributed by atoms with E-state index in [2.05, 4.69) is 33.1 Å². The zero-order valence-electron chi connectivity index (χ0n) is 9.64. The molecule has 1 aliphatic rings. The largest absolute Gasteiger partial charge is 0.364 e. The number of benzene rings is 1. The summed E-state index contributed by atoms with van der Waals surface area (Å²) in [4.78, 5) is 2.25. The molecule has 1 fully saturated rings. The van der Waals surface area contributed by atoms with E-state index >= 15 is 0 Å². The molecule has 2 nitrogen and oxygen atoms in total. The molecule has 0 spiro atoms. The smallest absolute Gasteiger partial charge is 0.125 e. The second-order valence-electron chi connectivity index (χ2n) is 4.18. The first-order valence-electron chi connectivity index (χ1n) is 5.75. The Balaban J connectivity index is 2.38. The Morgan fingerprint density at radius 1 is 1.59 bits per heavy atom. The van der Waals surface area contributed by atoms with Gasteiger partial charge in [-0.15, -0.1) is 0 Å². The van der Waals surface area contributed by atoms with Gasteiger partial charge in [0.25, 0.3) is 0 Å². The molecule has 2 rings (SSSR count). The molecule has 0 aromatic heterocycles. The summed E-state index contributed by atoms with van der Waals surface area (Å²) in [5, 5.41) is 3.83. The molecule has 0 aliphatic carbocycles. The highest BCUT2D eigenvalue weighted by atomic mass is 79.9. The van der Waals surface area contributed by atoms with Crippen molar-refractivity contribution in [2.45, 2.75) is 19.4 Å². The van der Waals surface area contributed by atoms with Gasteiger partial charge in [0.2, 0.25) is 0 Å². The van der Waals surface area contributed by atoms with Gasteiger partial charge in [0.1, 0.15) is 5.82 Å². The third kappa shape index (κ3) is 2.75.